The molecule has 1 atom stereocenters. The zero-order valence-corrected chi connectivity index (χ0v) is 8.38. The molecule has 0 bridgehead atoms. The minimum Gasteiger partial charge on any atom is -0.356 e. The topological polar surface area (TPSA) is 55.1 Å². The van der Waals surface area contributed by atoms with Crippen LogP contribution in [0.2, 0.25) is 0 Å². The van der Waals surface area contributed by atoms with Gasteiger partial charge >= 0.3 is 0 Å². The molecule has 3 N–H and O–H groups in total. The van der Waals surface area contributed by atoms with Crippen LogP contribution in [0.25, 0.3) is 0 Å². The number of hydrogen-bond donors (Lipinski definition) is 2. The van der Waals surface area contributed by atoms with E-state index in [2.05, 4.69) is 5.32 Å². The van der Waals surface area contributed by atoms with Crippen molar-refractivity contribution in [3.63, 3.8) is 0 Å². The van der Waals surface area contributed by atoms with Crippen molar-refractivity contribution in [1.82, 2.24) is 5.32 Å². The van der Waals surface area contributed by atoms with E-state index >= 15 is 0 Å². The lowest BCUT2D eigenvalue weighted by Gasteiger charge is -2.25. The molecule has 0 spiro atoms. The average molecular weight is 184 g/mol. The first kappa shape index (κ1) is 10.5. The van der Waals surface area contributed by atoms with E-state index in [0.717, 1.165) is 18.9 Å². The van der Waals surface area contributed by atoms with Crippen LogP contribution in [-0.2, 0) is 4.79 Å². The Labute approximate surface area is 80.1 Å². The molecule has 0 aliphatic heterocycles. The smallest absolute Gasteiger partial charge is 0.224 e. The minimum atomic E-state index is -0.0404. The standard InChI is InChI=1S/C10H20N2O/c1-8(7-11)10(13)12-6-5-9-3-2-4-9/h8-9H,2-7,11H2,1H3,(H,12,13). The SMILES string of the molecule is CC(CN)C(=O)NCCC1CCC1. The predicted molar refractivity (Wildman–Crippen MR) is 53.2 cm³/mol. The van der Waals surface area contributed by atoms with Crippen molar-refractivity contribution in [2.45, 2.75) is 32.6 Å². The zero-order valence-electron chi connectivity index (χ0n) is 8.38. The fourth-order valence-electron chi connectivity index (χ4n) is 1.46. The molecule has 13 heavy (non-hydrogen) atoms. The Morgan fingerprint density at radius 1 is 1.62 bits per heavy atom. The average Bonchev–Trinajstić information content (AvgIpc) is 2.07. The van der Waals surface area contributed by atoms with Crippen molar-refractivity contribution in [2.24, 2.45) is 17.6 Å². The molecule has 1 aliphatic carbocycles. The van der Waals surface area contributed by atoms with E-state index in [9.17, 15) is 4.79 Å². The maximum atomic E-state index is 11.3. The Morgan fingerprint density at radius 2 is 2.31 bits per heavy atom. The van der Waals surface area contributed by atoms with Crippen LogP contribution in [0.5, 0.6) is 0 Å². The summed E-state index contributed by atoms with van der Waals surface area (Å²) in [4.78, 5) is 11.3. The first-order chi connectivity index (χ1) is 6.24. The van der Waals surface area contributed by atoms with Gasteiger partial charge in [-0.2, -0.15) is 0 Å². The Balaban J connectivity index is 2.00. The van der Waals surface area contributed by atoms with Gasteiger partial charge in [0.1, 0.15) is 0 Å². The van der Waals surface area contributed by atoms with Gasteiger partial charge in [-0.3, -0.25) is 4.79 Å². The van der Waals surface area contributed by atoms with Crippen LogP contribution in [0.15, 0.2) is 0 Å². The molecular formula is C10H20N2O. The quantitative estimate of drug-likeness (QED) is 0.666. The summed E-state index contributed by atoms with van der Waals surface area (Å²) >= 11 is 0. The van der Waals surface area contributed by atoms with Gasteiger partial charge in [-0.1, -0.05) is 26.2 Å². The monoisotopic (exact) mass is 184 g/mol. The molecular weight excluding hydrogens is 164 g/mol. The van der Waals surface area contributed by atoms with Gasteiger partial charge in [0.25, 0.3) is 0 Å². The van der Waals surface area contributed by atoms with Crippen molar-refractivity contribution < 1.29 is 4.79 Å². The molecule has 0 saturated heterocycles. The van der Waals surface area contributed by atoms with E-state index in [1.165, 1.54) is 19.3 Å². The van der Waals surface area contributed by atoms with Gasteiger partial charge in [-0.15, -0.1) is 0 Å². The number of nitrogens with one attached hydrogen (secondary N) is 1. The molecule has 1 aliphatic rings. The molecule has 0 aromatic carbocycles. The highest BCUT2D eigenvalue weighted by Gasteiger charge is 2.17. The number of carbonyl (C=O) groups excluding carboxylic acids is 1. The molecule has 0 aromatic rings. The first-order valence-corrected chi connectivity index (χ1v) is 5.21. The van der Waals surface area contributed by atoms with Gasteiger partial charge in [0.05, 0.1) is 0 Å². The van der Waals surface area contributed by atoms with E-state index in [0.29, 0.717) is 6.54 Å². The van der Waals surface area contributed by atoms with Gasteiger partial charge in [0.2, 0.25) is 5.91 Å². The van der Waals surface area contributed by atoms with Gasteiger partial charge in [-0.05, 0) is 12.3 Å². The third-order valence-corrected chi connectivity index (χ3v) is 2.88. The Hall–Kier alpha value is -0.570. The Kier molecular flexibility index (Phi) is 4.22. The molecule has 1 saturated carbocycles. The molecule has 76 valence electrons. The van der Waals surface area contributed by atoms with Crippen molar-refractivity contribution in [2.75, 3.05) is 13.1 Å². The number of hydrogen-bond acceptors (Lipinski definition) is 2. The van der Waals surface area contributed by atoms with Gasteiger partial charge in [0.15, 0.2) is 0 Å². The summed E-state index contributed by atoms with van der Waals surface area (Å²) < 4.78 is 0. The lowest BCUT2D eigenvalue weighted by molar-refractivity contribution is -0.124. The highest BCUT2D eigenvalue weighted by molar-refractivity contribution is 5.78. The highest BCUT2D eigenvalue weighted by Crippen LogP contribution is 2.28. The molecule has 0 radical (unpaired) electrons. The Morgan fingerprint density at radius 3 is 2.77 bits per heavy atom. The number of carbonyl (C=O) groups is 1. The van der Waals surface area contributed by atoms with Crippen molar-refractivity contribution in [1.29, 1.82) is 0 Å². The van der Waals surface area contributed by atoms with Crippen LogP contribution in [0.3, 0.4) is 0 Å². The summed E-state index contributed by atoms with van der Waals surface area (Å²) in [5, 5.41) is 2.91. The van der Waals surface area contributed by atoms with E-state index in [1.807, 2.05) is 6.92 Å². The normalized spacial score (nSPS) is 19.2. The van der Waals surface area contributed by atoms with Gasteiger partial charge in [-0.25, -0.2) is 0 Å². The van der Waals surface area contributed by atoms with Crippen LogP contribution in [0, 0.1) is 11.8 Å². The van der Waals surface area contributed by atoms with Crippen molar-refractivity contribution in [3.8, 4) is 0 Å². The molecule has 1 unspecified atom stereocenters. The van der Waals surface area contributed by atoms with Crippen molar-refractivity contribution in [3.05, 3.63) is 0 Å². The van der Waals surface area contributed by atoms with Gasteiger partial charge < -0.3 is 11.1 Å². The molecule has 0 heterocycles. The maximum absolute atomic E-state index is 11.3. The summed E-state index contributed by atoms with van der Waals surface area (Å²) in [5.74, 6) is 0.927. The summed E-state index contributed by atoms with van der Waals surface area (Å²) in [6.45, 7) is 3.13. The number of nitrogens with two attached hydrogens (primary N) is 1. The van der Waals surface area contributed by atoms with Crippen LogP contribution >= 0.6 is 0 Å². The van der Waals surface area contributed by atoms with Crippen molar-refractivity contribution >= 4 is 5.91 Å². The fraction of sp³-hybridized carbons (Fsp3) is 0.900. The first-order valence-electron chi connectivity index (χ1n) is 5.21. The minimum absolute atomic E-state index is 0.0404. The predicted octanol–water partition coefficient (Wildman–Crippen LogP) is 0.888. The second-order valence-corrected chi connectivity index (χ2v) is 4.01. The summed E-state index contributed by atoms with van der Waals surface area (Å²) in [7, 11) is 0. The second-order valence-electron chi connectivity index (χ2n) is 4.01. The number of rotatable bonds is 5. The lowest BCUT2D eigenvalue weighted by Crippen LogP contribution is -2.34. The van der Waals surface area contributed by atoms with Crippen LogP contribution in [-0.4, -0.2) is 19.0 Å². The van der Waals surface area contributed by atoms with E-state index in [1.54, 1.807) is 0 Å². The van der Waals surface area contributed by atoms with Crippen LogP contribution in [0.1, 0.15) is 32.6 Å². The van der Waals surface area contributed by atoms with Crippen LogP contribution in [0.4, 0.5) is 0 Å². The summed E-state index contributed by atoms with van der Waals surface area (Å²) in [5.41, 5.74) is 5.38. The fourth-order valence-corrected chi connectivity index (χ4v) is 1.46. The second kappa shape index (κ2) is 5.22. The lowest BCUT2D eigenvalue weighted by atomic mass is 9.83. The summed E-state index contributed by atoms with van der Waals surface area (Å²) in [6, 6.07) is 0. The van der Waals surface area contributed by atoms with Crippen LogP contribution < -0.4 is 11.1 Å². The Bertz CT molecular complexity index is 166. The molecule has 3 nitrogen and oxygen atoms in total. The molecule has 3 heteroatoms. The molecule has 0 aromatic heterocycles. The third kappa shape index (κ3) is 3.35. The molecule has 1 fully saturated rings. The largest absolute Gasteiger partial charge is 0.356 e. The van der Waals surface area contributed by atoms with E-state index < -0.39 is 0 Å². The zero-order chi connectivity index (χ0) is 9.68. The number of amides is 1. The molecule has 1 rings (SSSR count). The highest BCUT2D eigenvalue weighted by atomic mass is 16.1. The summed E-state index contributed by atoms with van der Waals surface area (Å²) in [6.07, 6.45) is 5.21. The van der Waals surface area contributed by atoms with E-state index in [-0.39, 0.29) is 11.8 Å². The van der Waals surface area contributed by atoms with E-state index in [4.69, 9.17) is 5.73 Å². The molecule has 1 amide bonds. The maximum Gasteiger partial charge on any atom is 0.224 e. The third-order valence-electron chi connectivity index (χ3n) is 2.88. The van der Waals surface area contributed by atoms with Gasteiger partial charge in [0, 0.05) is 19.0 Å².